The summed E-state index contributed by atoms with van der Waals surface area (Å²) in [4.78, 5) is 23.8. The minimum absolute atomic E-state index is 0.0748. The van der Waals surface area contributed by atoms with E-state index < -0.39 is 43.3 Å². The zero-order valence-corrected chi connectivity index (χ0v) is 14.1. The Labute approximate surface area is 149 Å². The molecule has 27 heavy (non-hydrogen) atoms. The lowest BCUT2D eigenvalue weighted by atomic mass is 10.2. The van der Waals surface area contributed by atoms with E-state index >= 15 is 0 Å². The van der Waals surface area contributed by atoms with Crippen LogP contribution in [-0.4, -0.2) is 43.3 Å². The van der Waals surface area contributed by atoms with Crippen molar-refractivity contribution in [2.45, 2.75) is 31.9 Å². The van der Waals surface area contributed by atoms with Gasteiger partial charge in [0.05, 0.1) is 6.61 Å². The van der Waals surface area contributed by atoms with E-state index in [1.807, 2.05) is 5.32 Å². The first-order valence-corrected chi connectivity index (χ1v) is 7.42. The number of nitrogens with one attached hydrogen (secondary N) is 2. The number of hydrogen-bond donors (Lipinski definition) is 2. The number of urea groups is 1. The maximum absolute atomic E-state index is 13.5. The highest BCUT2D eigenvalue weighted by atomic mass is 19.4. The fraction of sp³-hybridized carbons (Fsp3) is 0.467. The van der Waals surface area contributed by atoms with Crippen LogP contribution in [0, 0.1) is 6.92 Å². The average Bonchev–Trinajstić information content (AvgIpc) is 2.51. The number of carbonyl (C=O) groups excluding carboxylic acids is 2. The van der Waals surface area contributed by atoms with E-state index in [4.69, 9.17) is 0 Å². The van der Waals surface area contributed by atoms with Gasteiger partial charge in [0, 0.05) is 5.69 Å². The van der Waals surface area contributed by atoms with Gasteiger partial charge in [-0.3, -0.25) is 5.32 Å². The quantitative estimate of drug-likeness (QED) is 0.434. The molecule has 1 atom stereocenters. The van der Waals surface area contributed by atoms with Crippen LogP contribution in [0.25, 0.3) is 0 Å². The van der Waals surface area contributed by atoms with Crippen molar-refractivity contribution >= 4 is 17.7 Å². The molecule has 0 radical (unpaired) electrons. The summed E-state index contributed by atoms with van der Waals surface area (Å²) < 4.78 is 85.6. The minimum atomic E-state index is -5.74. The molecular weight excluding hydrogens is 386 g/mol. The Morgan fingerprint density at radius 2 is 1.67 bits per heavy atom. The summed E-state index contributed by atoms with van der Waals surface area (Å²) in [6.45, 7) is -0.378. The molecular formula is C15H16F6N2O4. The first-order valence-electron chi connectivity index (χ1n) is 7.42. The van der Waals surface area contributed by atoms with Crippen LogP contribution in [0.3, 0.4) is 0 Å². The van der Waals surface area contributed by atoms with Gasteiger partial charge in [-0.05, 0) is 25.5 Å². The summed E-state index contributed by atoms with van der Waals surface area (Å²) >= 11 is 0. The first kappa shape index (κ1) is 22.5. The fourth-order valence-electron chi connectivity index (χ4n) is 1.86. The highest BCUT2D eigenvalue weighted by Crippen LogP contribution is 2.34. The summed E-state index contributed by atoms with van der Waals surface area (Å²) in [5, 5.41) is 3.14. The lowest BCUT2D eigenvalue weighted by Gasteiger charge is -2.33. The first-order chi connectivity index (χ1) is 12.3. The van der Waals surface area contributed by atoms with Crippen LogP contribution >= 0.6 is 0 Å². The molecule has 0 bridgehead atoms. The van der Waals surface area contributed by atoms with Crippen molar-refractivity contribution in [1.82, 2.24) is 5.32 Å². The van der Waals surface area contributed by atoms with Crippen molar-refractivity contribution in [3.8, 4) is 0 Å². The Bertz CT molecular complexity index is 677. The highest BCUT2D eigenvalue weighted by Gasteiger charge is 2.66. The van der Waals surface area contributed by atoms with Crippen molar-refractivity contribution in [2.24, 2.45) is 0 Å². The Morgan fingerprint density at radius 3 is 2.15 bits per heavy atom. The summed E-state index contributed by atoms with van der Waals surface area (Å²) in [5.41, 5.74) is -3.81. The molecule has 12 heteroatoms. The number of anilines is 1. The van der Waals surface area contributed by atoms with Crippen molar-refractivity contribution < 1.29 is 45.4 Å². The van der Waals surface area contributed by atoms with Crippen molar-refractivity contribution in [3.63, 3.8) is 0 Å². The zero-order chi connectivity index (χ0) is 20.9. The molecule has 0 heterocycles. The van der Waals surface area contributed by atoms with Crippen LogP contribution < -0.4 is 10.6 Å². The van der Waals surface area contributed by atoms with Gasteiger partial charge in [-0.1, -0.05) is 18.2 Å². The number of aryl methyl sites for hydroxylation is 1. The van der Waals surface area contributed by atoms with Crippen LogP contribution in [0.4, 0.5) is 36.8 Å². The van der Waals surface area contributed by atoms with Gasteiger partial charge in [0.25, 0.3) is 0 Å². The number of ether oxygens (including phenoxy) is 2. The lowest BCUT2D eigenvalue weighted by Crippen LogP contribution is -2.67. The average molecular weight is 402 g/mol. The molecule has 0 aliphatic rings. The SMILES string of the molecule is CCOC(=O)[C@@](NC(=O)Nc1ccccc1C)(OCC(F)(F)F)C(F)(F)F. The van der Waals surface area contributed by atoms with E-state index in [-0.39, 0.29) is 5.69 Å². The van der Waals surface area contributed by atoms with E-state index in [9.17, 15) is 35.9 Å². The van der Waals surface area contributed by atoms with Crippen LogP contribution in [0.15, 0.2) is 24.3 Å². The van der Waals surface area contributed by atoms with Gasteiger partial charge in [-0.15, -0.1) is 0 Å². The number of hydrogen-bond acceptors (Lipinski definition) is 4. The molecule has 0 fully saturated rings. The second kappa shape index (κ2) is 8.46. The Balaban J connectivity index is 3.19. The molecule has 152 valence electrons. The molecule has 0 aromatic heterocycles. The molecule has 2 N–H and O–H groups in total. The number of esters is 1. The van der Waals surface area contributed by atoms with E-state index in [1.54, 1.807) is 6.07 Å². The number of amides is 2. The second-order valence-electron chi connectivity index (χ2n) is 5.20. The van der Waals surface area contributed by atoms with Crippen molar-refractivity contribution in [3.05, 3.63) is 29.8 Å². The van der Waals surface area contributed by atoms with Gasteiger partial charge in [0.15, 0.2) is 0 Å². The monoisotopic (exact) mass is 402 g/mol. The predicted octanol–water partition coefficient (Wildman–Crippen LogP) is 3.52. The third kappa shape index (κ3) is 6.01. The van der Waals surface area contributed by atoms with Crippen molar-refractivity contribution in [2.75, 3.05) is 18.5 Å². The Kier molecular flexibility index (Phi) is 7.06. The maximum atomic E-state index is 13.5. The number of benzene rings is 1. The lowest BCUT2D eigenvalue weighted by molar-refractivity contribution is -0.305. The van der Waals surface area contributed by atoms with E-state index in [0.717, 1.165) is 12.2 Å². The van der Waals surface area contributed by atoms with Crippen LogP contribution in [0.2, 0.25) is 0 Å². The molecule has 2 amide bonds. The van der Waals surface area contributed by atoms with Gasteiger partial charge in [0.1, 0.15) is 6.61 Å². The van der Waals surface area contributed by atoms with Crippen LogP contribution in [0.1, 0.15) is 12.5 Å². The van der Waals surface area contributed by atoms with Gasteiger partial charge < -0.3 is 14.8 Å². The van der Waals surface area contributed by atoms with E-state index in [2.05, 4.69) is 9.47 Å². The Morgan fingerprint density at radius 1 is 1.07 bits per heavy atom. The molecule has 0 saturated heterocycles. The predicted molar refractivity (Wildman–Crippen MR) is 80.8 cm³/mol. The molecule has 6 nitrogen and oxygen atoms in total. The van der Waals surface area contributed by atoms with E-state index in [0.29, 0.717) is 5.56 Å². The largest absolute Gasteiger partial charge is 0.462 e. The molecule has 1 rings (SSSR count). The van der Waals surface area contributed by atoms with E-state index in [1.165, 1.54) is 25.1 Å². The van der Waals surface area contributed by atoms with Gasteiger partial charge in [-0.2, -0.15) is 26.3 Å². The van der Waals surface area contributed by atoms with Gasteiger partial charge in [-0.25, -0.2) is 9.59 Å². The summed E-state index contributed by atoms with van der Waals surface area (Å²) in [6.07, 6.45) is -10.9. The van der Waals surface area contributed by atoms with Crippen LogP contribution in [0.5, 0.6) is 0 Å². The fourth-order valence-corrected chi connectivity index (χ4v) is 1.86. The number of carbonyl (C=O) groups is 2. The standard InChI is InChI=1S/C15H16F6N2O4/c1-3-26-11(24)14(15(19,20)21,27-8-13(16,17)18)23-12(25)22-10-7-5-4-6-9(10)2/h4-7H,3,8H2,1-2H3,(H2,22,23,25)/t14-/m1/s1. The number of alkyl halides is 6. The molecule has 0 aliphatic heterocycles. The zero-order valence-electron chi connectivity index (χ0n) is 14.1. The number of rotatable bonds is 6. The molecule has 0 unspecified atom stereocenters. The van der Waals surface area contributed by atoms with Gasteiger partial charge in [0.2, 0.25) is 0 Å². The summed E-state index contributed by atoms with van der Waals surface area (Å²) in [5.74, 6) is -2.23. The maximum Gasteiger partial charge on any atom is 0.448 e. The number of para-hydroxylation sites is 1. The third-order valence-electron chi connectivity index (χ3n) is 3.10. The molecule has 0 aliphatic carbocycles. The topological polar surface area (TPSA) is 76.7 Å². The molecule has 0 saturated carbocycles. The Hall–Kier alpha value is -2.50. The smallest absolute Gasteiger partial charge is 0.448 e. The second-order valence-corrected chi connectivity index (χ2v) is 5.20. The third-order valence-corrected chi connectivity index (χ3v) is 3.10. The summed E-state index contributed by atoms with van der Waals surface area (Å²) in [7, 11) is 0. The molecule has 1 aromatic carbocycles. The van der Waals surface area contributed by atoms with Gasteiger partial charge >= 0.3 is 30.1 Å². The van der Waals surface area contributed by atoms with Crippen LogP contribution in [-0.2, 0) is 14.3 Å². The number of halogens is 6. The van der Waals surface area contributed by atoms with Crippen molar-refractivity contribution in [1.29, 1.82) is 0 Å². The highest BCUT2D eigenvalue weighted by molar-refractivity contribution is 5.94. The molecule has 0 spiro atoms. The summed E-state index contributed by atoms with van der Waals surface area (Å²) in [6, 6.07) is 4.30. The normalized spacial score (nSPS) is 14.2. The minimum Gasteiger partial charge on any atom is -0.462 e. The molecule has 1 aromatic rings.